The zero-order chi connectivity index (χ0) is 10.0. The second-order valence-corrected chi connectivity index (χ2v) is 3.64. The predicted molar refractivity (Wildman–Crippen MR) is 54.9 cm³/mol. The second-order valence-electron chi connectivity index (χ2n) is 2.85. The first kappa shape index (κ1) is 10.2. The van der Waals surface area contributed by atoms with Crippen molar-refractivity contribution < 1.29 is 4.92 Å². The first-order chi connectivity index (χ1) is 6.06. The van der Waals surface area contributed by atoms with Gasteiger partial charge < -0.3 is 0 Å². The van der Waals surface area contributed by atoms with Gasteiger partial charge in [0.05, 0.1) is 4.92 Å². The summed E-state index contributed by atoms with van der Waals surface area (Å²) in [5, 5.41) is 10.5. The van der Waals surface area contributed by atoms with Crippen molar-refractivity contribution in [2.75, 3.05) is 0 Å². The molecule has 0 atom stereocenters. The molecule has 70 valence electrons. The van der Waals surface area contributed by atoms with E-state index in [0.717, 1.165) is 22.0 Å². The molecule has 0 aliphatic heterocycles. The second kappa shape index (κ2) is 3.87. The summed E-state index contributed by atoms with van der Waals surface area (Å²) < 4.78 is 0.973. The normalized spacial score (nSPS) is 10.1. The van der Waals surface area contributed by atoms with Crippen LogP contribution >= 0.6 is 15.9 Å². The van der Waals surface area contributed by atoms with Gasteiger partial charge in [0, 0.05) is 16.6 Å². The summed E-state index contributed by atoms with van der Waals surface area (Å²) in [6.07, 6.45) is 0.795. The van der Waals surface area contributed by atoms with Crippen molar-refractivity contribution in [3.05, 3.63) is 37.8 Å². The number of benzene rings is 1. The molecule has 0 spiro atoms. The van der Waals surface area contributed by atoms with E-state index in [1.54, 1.807) is 12.1 Å². The summed E-state index contributed by atoms with van der Waals surface area (Å²) in [7, 11) is 0. The number of nitro groups is 1. The standard InChI is InChI=1S/C9H10BrNO2/c1-3-7-5-8(11(12)13)4-6(2)9(7)10/h4-5H,3H2,1-2H3. The van der Waals surface area contributed by atoms with Crippen LogP contribution in [0.2, 0.25) is 0 Å². The molecule has 0 saturated carbocycles. The Kier molecular flexibility index (Phi) is 3.03. The van der Waals surface area contributed by atoms with Crippen molar-refractivity contribution in [3.8, 4) is 0 Å². The van der Waals surface area contributed by atoms with Crippen LogP contribution in [-0.2, 0) is 6.42 Å². The molecular formula is C9H10BrNO2. The highest BCUT2D eigenvalue weighted by Gasteiger charge is 2.11. The summed E-state index contributed by atoms with van der Waals surface area (Å²) in [6, 6.07) is 3.18. The van der Waals surface area contributed by atoms with Crippen molar-refractivity contribution in [2.45, 2.75) is 20.3 Å². The van der Waals surface area contributed by atoms with Crippen molar-refractivity contribution in [1.82, 2.24) is 0 Å². The molecule has 0 aromatic heterocycles. The number of halogens is 1. The van der Waals surface area contributed by atoms with Gasteiger partial charge in [-0.15, -0.1) is 0 Å². The van der Waals surface area contributed by atoms with E-state index >= 15 is 0 Å². The fraction of sp³-hybridized carbons (Fsp3) is 0.333. The van der Waals surface area contributed by atoms with Gasteiger partial charge in [0.15, 0.2) is 0 Å². The Morgan fingerprint density at radius 2 is 2.15 bits per heavy atom. The Labute approximate surface area is 85.0 Å². The van der Waals surface area contributed by atoms with Gasteiger partial charge >= 0.3 is 0 Å². The van der Waals surface area contributed by atoms with Gasteiger partial charge in [0.2, 0.25) is 0 Å². The third-order valence-corrected chi connectivity index (χ3v) is 3.04. The Bertz CT molecular complexity index is 350. The third kappa shape index (κ3) is 2.06. The minimum Gasteiger partial charge on any atom is -0.258 e. The van der Waals surface area contributed by atoms with E-state index in [1.165, 1.54) is 0 Å². The molecule has 0 aliphatic carbocycles. The topological polar surface area (TPSA) is 43.1 Å². The quantitative estimate of drug-likeness (QED) is 0.592. The number of non-ortho nitro benzene ring substituents is 1. The molecule has 1 aromatic carbocycles. The molecule has 0 aliphatic rings. The fourth-order valence-corrected chi connectivity index (χ4v) is 1.69. The smallest absolute Gasteiger partial charge is 0.258 e. The largest absolute Gasteiger partial charge is 0.270 e. The number of nitro benzene ring substituents is 1. The number of hydrogen-bond acceptors (Lipinski definition) is 2. The van der Waals surface area contributed by atoms with Gasteiger partial charge in [-0.2, -0.15) is 0 Å². The molecule has 1 aromatic rings. The van der Waals surface area contributed by atoms with E-state index in [2.05, 4.69) is 15.9 Å². The van der Waals surface area contributed by atoms with Crippen LogP contribution < -0.4 is 0 Å². The summed E-state index contributed by atoms with van der Waals surface area (Å²) in [4.78, 5) is 10.2. The first-order valence-electron chi connectivity index (χ1n) is 3.99. The predicted octanol–water partition coefficient (Wildman–Crippen LogP) is 3.23. The molecule has 0 fully saturated rings. The van der Waals surface area contributed by atoms with Gasteiger partial charge in [-0.05, 0) is 24.5 Å². The average Bonchev–Trinajstić information content (AvgIpc) is 2.09. The van der Waals surface area contributed by atoms with E-state index in [0.29, 0.717) is 0 Å². The Balaban J connectivity index is 3.30. The molecule has 0 radical (unpaired) electrons. The van der Waals surface area contributed by atoms with Crippen LogP contribution in [0.25, 0.3) is 0 Å². The number of rotatable bonds is 2. The lowest BCUT2D eigenvalue weighted by molar-refractivity contribution is -0.385. The van der Waals surface area contributed by atoms with Gasteiger partial charge in [-0.3, -0.25) is 10.1 Å². The summed E-state index contributed by atoms with van der Waals surface area (Å²) in [5.74, 6) is 0. The van der Waals surface area contributed by atoms with Crippen molar-refractivity contribution in [2.24, 2.45) is 0 Å². The van der Waals surface area contributed by atoms with E-state index in [4.69, 9.17) is 0 Å². The van der Waals surface area contributed by atoms with Gasteiger partial charge in [0.25, 0.3) is 5.69 Å². The first-order valence-corrected chi connectivity index (χ1v) is 4.79. The highest BCUT2D eigenvalue weighted by Crippen LogP contribution is 2.27. The summed E-state index contributed by atoms with van der Waals surface area (Å²) in [5.41, 5.74) is 2.05. The minimum atomic E-state index is -0.363. The molecule has 0 amide bonds. The van der Waals surface area contributed by atoms with E-state index < -0.39 is 0 Å². The molecule has 1 rings (SSSR count). The molecule has 4 heteroatoms. The van der Waals surface area contributed by atoms with Gasteiger partial charge in [-0.25, -0.2) is 0 Å². The van der Waals surface area contributed by atoms with E-state index in [1.807, 2.05) is 13.8 Å². The van der Waals surface area contributed by atoms with Crippen LogP contribution in [0.15, 0.2) is 16.6 Å². The maximum atomic E-state index is 10.5. The fourth-order valence-electron chi connectivity index (χ4n) is 1.18. The van der Waals surface area contributed by atoms with Crippen LogP contribution in [0.3, 0.4) is 0 Å². The maximum absolute atomic E-state index is 10.5. The van der Waals surface area contributed by atoms with Crippen LogP contribution in [0.1, 0.15) is 18.1 Å². The zero-order valence-corrected chi connectivity index (χ0v) is 9.09. The molecule has 13 heavy (non-hydrogen) atoms. The Morgan fingerprint density at radius 1 is 1.54 bits per heavy atom. The molecule has 3 nitrogen and oxygen atoms in total. The lowest BCUT2D eigenvalue weighted by atomic mass is 10.1. The molecule has 0 saturated heterocycles. The molecule has 0 bridgehead atoms. The highest BCUT2D eigenvalue weighted by atomic mass is 79.9. The molecule has 0 N–H and O–H groups in total. The maximum Gasteiger partial charge on any atom is 0.270 e. The van der Waals surface area contributed by atoms with Crippen LogP contribution in [-0.4, -0.2) is 4.92 Å². The number of aryl methyl sites for hydroxylation is 2. The number of nitrogens with zero attached hydrogens (tertiary/aromatic N) is 1. The lowest BCUT2D eigenvalue weighted by Crippen LogP contribution is -1.93. The summed E-state index contributed by atoms with van der Waals surface area (Å²) >= 11 is 3.40. The Morgan fingerprint density at radius 3 is 2.62 bits per heavy atom. The van der Waals surface area contributed by atoms with Crippen LogP contribution in [0.4, 0.5) is 5.69 Å². The van der Waals surface area contributed by atoms with Gasteiger partial charge in [0.1, 0.15) is 0 Å². The monoisotopic (exact) mass is 243 g/mol. The number of hydrogen-bond donors (Lipinski definition) is 0. The van der Waals surface area contributed by atoms with Crippen LogP contribution in [0, 0.1) is 17.0 Å². The van der Waals surface area contributed by atoms with Crippen LogP contribution in [0.5, 0.6) is 0 Å². The van der Waals surface area contributed by atoms with Crippen molar-refractivity contribution in [1.29, 1.82) is 0 Å². The molecule has 0 unspecified atom stereocenters. The van der Waals surface area contributed by atoms with Crippen molar-refractivity contribution >= 4 is 21.6 Å². The zero-order valence-electron chi connectivity index (χ0n) is 7.50. The molecular weight excluding hydrogens is 234 g/mol. The minimum absolute atomic E-state index is 0.164. The highest BCUT2D eigenvalue weighted by molar-refractivity contribution is 9.10. The lowest BCUT2D eigenvalue weighted by Gasteiger charge is -2.04. The average molecular weight is 244 g/mol. The van der Waals surface area contributed by atoms with Crippen molar-refractivity contribution in [3.63, 3.8) is 0 Å². The SMILES string of the molecule is CCc1cc([N+](=O)[O-])cc(C)c1Br. The summed E-state index contributed by atoms with van der Waals surface area (Å²) in [6.45, 7) is 3.83. The van der Waals surface area contributed by atoms with E-state index in [9.17, 15) is 10.1 Å². The molecule has 0 heterocycles. The van der Waals surface area contributed by atoms with E-state index in [-0.39, 0.29) is 10.6 Å². The third-order valence-electron chi connectivity index (χ3n) is 1.91. The Hall–Kier alpha value is -0.900. The van der Waals surface area contributed by atoms with Gasteiger partial charge in [-0.1, -0.05) is 22.9 Å².